The Bertz CT molecular complexity index is 550. The van der Waals surface area contributed by atoms with E-state index in [1.165, 1.54) is 6.07 Å². The summed E-state index contributed by atoms with van der Waals surface area (Å²) in [7, 11) is -3.56. The molecule has 0 aliphatic heterocycles. The van der Waals surface area contributed by atoms with Crippen LogP contribution in [0.25, 0.3) is 0 Å². The third-order valence-electron chi connectivity index (χ3n) is 2.72. The number of rotatable bonds is 5. The number of hydrogen-bond donors (Lipinski definition) is 2. The quantitative estimate of drug-likeness (QED) is 0.846. The largest absolute Gasteiger partial charge is 0.325 e. The molecule has 0 heterocycles. The van der Waals surface area contributed by atoms with Gasteiger partial charge in [-0.3, -0.25) is 4.79 Å². The molecule has 0 spiro atoms. The second-order valence-corrected chi connectivity index (χ2v) is 6.00. The van der Waals surface area contributed by atoms with Gasteiger partial charge in [0, 0.05) is 12.5 Å². The van der Waals surface area contributed by atoms with E-state index in [-0.39, 0.29) is 16.7 Å². The first kappa shape index (κ1) is 13.0. The molecule has 0 unspecified atom stereocenters. The molecule has 2 rings (SSSR count). The predicted octanol–water partition coefficient (Wildman–Crippen LogP) is 1.33. The van der Waals surface area contributed by atoms with Gasteiger partial charge in [-0.1, -0.05) is 19.1 Å². The van der Waals surface area contributed by atoms with Crippen LogP contribution < -0.4 is 10.0 Å². The van der Waals surface area contributed by atoms with Gasteiger partial charge in [-0.2, -0.15) is 0 Å². The van der Waals surface area contributed by atoms with Crippen molar-refractivity contribution in [3.8, 4) is 0 Å². The molecule has 0 radical (unpaired) electrons. The highest BCUT2D eigenvalue weighted by atomic mass is 32.2. The maximum Gasteiger partial charge on any atom is 0.242 e. The molecule has 0 bridgehead atoms. The molecule has 1 aromatic carbocycles. The van der Waals surface area contributed by atoms with Crippen molar-refractivity contribution in [2.45, 2.75) is 24.7 Å². The molecule has 1 aliphatic carbocycles. The van der Waals surface area contributed by atoms with Crippen molar-refractivity contribution in [1.29, 1.82) is 0 Å². The van der Waals surface area contributed by atoms with Crippen molar-refractivity contribution >= 4 is 21.6 Å². The minimum Gasteiger partial charge on any atom is -0.325 e. The van der Waals surface area contributed by atoms with Crippen LogP contribution in [-0.2, 0) is 14.8 Å². The van der Waals surface area contributed by atoms with E-state index in [4.69, 9.17) is 0 Å². The Balaban J connectivity index is 2.27. The van der Waals surface area contributed by atoms with Gasteiger partial charge in [-0.15, -0.1) is 0 Å². The highest BCUT2D eigenvalue weighted by Crippen LogP contribution is 2.31. The van der Waals surface area contributed by atoms with Crippen LogP contribution in [0.5, 0.6) is 0 Å². The van der Waals surface area contributed by atoms with E-state index in [2.05, 4.69) is 10.0 Å². The third-order valence-corrected chi connectivity index (χ3v) is 4.32. The Kier molecular flexibility index (Phi) is 3.68. The number of para-hydroxylation sites is 1. The monoisotopic (exact) mass is 268 g/mol. The molecule has 5 nitrogen and oxygen atoms in total. The average molecular weight is 268 g/mol. The van der Waals surface area contributed by atoms with E-state index < -0.39 is 10.0 Å². The van der Waals surface area contributed by atoms with Gasteiger partial charge in [0.2, 0.25) is 15.9 Å². The molecular weight excluding hydrogens is 252 g/mol. The number of carbonyl (C=O) groups is 1. The summed E-state index contributed by atoms with van der Waals surface area (Å²) in [5.74, 6) is -0.0611. The Hall–Kier alpha value is -1.40. The molecule has 0 saturated heterocycles. The van der Waals surface area contributed by atoms with Crippen molar-refractivity contribution in [3.63, 3.8) is 0 Å². The fourth-order valence-electron chi connectivity index (χ4n) is 1.65. The molecule has 18 heavy (non-hydrogen) atoms. The van der Waals surface area contributed by atoms with Crippen molar-refractivity contribution in [2.24, 2.45) is 5.92 Å². The zero-order chi connectivity index (χ0) is 13.2. The fraction of sp³-hybridized carbons (Fsp3) is 0.417. The summed E-state index contributed by atoms with van der Waals surface area (Å²) in [4.78, 5) is 11.8. The van der Waals surface area contributed by atoms with Gasteiger partial charge in [0.15, 0.2) is 0 Å². The van der Waals surface area contributed by atoms with E-state index in [1.807, 2.05) is 0 Å². The average Bonchev–Trinajstić information content (AvgIpc) is 3.13. The summed E-state index contributed by atoms with van der Waals surface area (Å²) in [5, 5.41) is 2.68. The molecule has 1 amide bonds. The molecule has 0 atom stereocenters. The summed E-state index contributed by atoms with van der Waals surface area (Å²) < 4.78 is 26.3. The van der Waals surface area contributed by atoms with Gasteiger partial charge in [0.05, 0.1) is 5.69 Å². The van der Waals surface area contributed by atoms with Crippen molar-refractivity contribution < 1.29 is 13.2 Å². The second kappa shape index (κ2) is 5.07. The number of amides is 1. The van der Waals surface area contributed by atoms with Crippen LogP contribution in [0.3, 0.4) is 0 Å². The van der Waals surface area contributed by atoms with Crippen LogP contribution in [0.4, 0.5) is 5.69 Å². The first-order valence-corrected chi connectivity index (χ1v) is 7.42. The highest BCUT2D eigenvalue weighted by molar-refractivity contribution is 7.89. The van der Waals surface area contributed by atoms with Crippen LogP contribution in [-0.4, -0.2) is 20.9 Å². The Morgan fingerprint density at radius 2 is 2.00 bits per heavy atom. The van der Waals surface area contributed by atoms with Gasteiger partial charge in [-0.05, 0) is 25.0 Å². The summed E-state index contributed by atoms with van der Waals surface area (Å²) in [6.45, 7) is 2.02. The van der Waals surface area contributed by atoms with Crippen LogP contribution in [0, 0.1) is 5.92 Å². The molecule has 6 heteroatoms. The van der Waals surface area contributed by atoms with Gasteiger partial charge < -0.3 is 5.32 Å². The SMILES string of the molecule is CCNS(=O)(=O)c1ccccc1NC(=O)C1CC1. The Morgan fingerprint density at radius 1 is 1.33 bits per heavy atom. The van der Waals surface area contributed by atoms with Crippen molar-refractivity contribution in [2.75, 3.05) is 11.9 Å². The standard InChI is InChI=1S/C12H16N2O3S/c1-2-13-18(16,17)11-6-4-3-5-10(11)14-12(15)9-7-8-9/h3-6,9,13H,2,7-8H2,1H3,(H,14,15). The number of sulfonamides is 1. The van der Waals surface area contributed by atoms with Crippen LogP contribution in [0.2, 0.25) is 0 Å². The zero-order valence-electron chi connectivity index (χ0n) is 10.1. The molecule has 1 fully saturated rings. The van der Waals surface area contributed by atoms with E-state index in [1.54, 1.807) is 25.1 Å². The summed E-state index contributed by atoms with van der Waals surface area (Å²) in [5.41, 5.74) is 0.343. The number of anilines is 1. The fourth-order valence-corrected chi connectivity index (χ4v) is 2.85. The zero-order valence-corrected chi connectivity index (χ0v) is 11.0. The van der Waals surface area contributed by atoms with Gasteiger partial charge in [0.1, 0.15) is 4.90 Å². The highest BCUT2D eigenvalue weighted by Gasteiger charge is 2.30. The van der Waals surface area contributed by atoms with Gasteiger partial charge >= 0.3 is 0 Å². The lowest BCUT2D eigenvalue weighted by atomic mass is 10.3. The number of nitrogens with one attached hydrogen (secondary N) is 2. The lowest BCUT2D eigenvalue weighted by Gasteiger charge is -2.11. The Morgan fingerprint density at radius 3 is 2.61 bits per heavy atom. The Labute approximate surface area is 107 Å². The minimum absolute atomic E-state index is 0.0416. The van der Waals surface area contributed by atoms with E-state index in [0.29, 0.717) is 12.2 Å². The minimum atomic E-state index is -3.56. The van der Waals surface area contributed by atoms with Crippen LogP contribution in [0.1, 0.15) is 19.8 Å². The van der Waals surface area contributed by atoms with Crippen molar-refractivity contribution in [3.05, 3.63) is 24.3 Å². The van der Waals surface area contributed by atoms with Crippen LogP contribution in [0.15, 0.2) is 29.2 Å². The maximum atomic E-state index is 12.0. The topological polar surface area (TPSA) is 75.3 Å². The lowest BCUT2D eigenvalue weighted by Crippen LogP contribution is -2.25. The molecule has 98 valence electrons. The number of hydrogen-bond acceptors (Lipinski definition) is 3. The third kappa shape index (κ3) is 2.88. The predicted molar refractivity (Wildman–Crippen MR) is 68.7 cm³/mol. The summed E-state index contributed by atoms with van der Waals surface area (Å²) in [6.07, 6.45) is 1.77. The smallest absolute Gasteiger partial charge is 0.242 e. The lowest BCUT2D eigenvalue weighted by molar-refractivity contribution is -0.117. The number of benzene rings is 1. The normalized spacial score (nSPS) is 15.4. The molecule has 1 aliphatic rings. The second-order valence-electron chi connectivity index (χ2n) is 4.26. The first-order valence-electron chi connectivity index (χ1n) is 5.94. The van der Waals surface area contributed by atoms with Crippen molar-refractivity contribution in [1.82, 2.24) is 4.72 Å². The summed E-state index contributed by atoms with van der Waals surface area (Å²) in [6, 6.07) is 6.43. The summed E-state index contributed by atoms with van der Waals surface area (Å²) >= 11 is 0. The van der Waals surface area contributed by atoms with Gasteiger partial charge in [-0.25, -0.2) is 13.1 Å². The molecular formula is C12H16N2O3S. The maximum absolute atomic E-state index is 12.0. The molecule has 1 saturated carbocycles. The molecule has 2 N–H and O–H groups in total. The molecule has 0 aromatic heterocycles. The van der Waals surface area contributed by atoms with E-state index in [9.17, 15) is 13.2 Å². The first-order chi connectivity index (χ1) is 8.54. The number of carbonyl (C=O) groups excluding carboxylic acids is 1. The van der Waals surface area contributed by atoms with E-state index in [0.717, 1.165) is 12.8 Å². The molecule has 1 aromatic rings. The van der Waals surface area contributed by atoms with Gasteiger partial charge in [0.25, 0.3) is 0 Å². The van der Waals surface area contributed by atoms with E-state index >= 15 is 0 Å². The van der Waals surface area contributed by atoms with Crippen LogP contribution >= 0.6 is 0 Å².